The Bertz CT molecular complexity index is 898. The number of amides is 1. The molecule has 27 heavy (non-hydrogen) atoms. The van der Waals surface area contributed by atoms with E-state index in [1.54, 1.807) is 6.33 Å². The number of imidazole rings is 1. The lowest BCUT2D eigenvalue weighted by Crippen LogP contribution is -2.30. The summed E-state index contributed by atoms with van der Waals surface area (Å²) in [6, 6.07) is 7.43. The van der Waals surface area contributed by atoms with Crippen LogP contribution in [-0.2, 0) is 4.74 Å². The van der Waals surface area contributed by atoms with Gasteiger partial charge in [0.1, 0.15) is 12.4 Å². The summed E-state index contributed by atoms with van der Waals surface area (Å²) in [5, 5.41) is 0. The minimum atomic E-state index is -0.352. The molecule has 0 spiro atoms. The number of carbonyl (C=O) groups is 2. The van der Waals surface area contributed by atoms with Crippen molar-refractivity contribution in [1.82, 2.24) is 14.5 Å². The van der Waals surface area contributed by atoms with Crippen LogP contribution < -0.4 is 0 Å². The highest BCUT2D eigenvalue weighted by molar-refractivity contribution is 5.99. The van der Waals surface area contributed by atoms with E-state index in [-0.39, 0.29) is 24.0 Å². The van der Waals surface area contributed by atoms with Crippen molar-refractivity contribution >= 4 is 11.9 Å². The molecule has 0 unspecified atom stereocenters. The minimum absolute atomic E-state index is 0.0111. The highest BCUT2D eigenvalue weighted by Gasteiger charge is 2.40. The summed E-state index contributed by atoms with van der Waals surface area (Å²) in [5.74, 6) is -0.322. The van der Waals surface area contributed by atoms with Gasteiger partial charge >= 0.3 is 5.97 Å². The molecular formula is C21H23N3O3. The Kier molecular flexibility index (Phi) is 3.99. The maximum absolute atomic E-state index is 13.1. The summed E-state index contributed by atoms with van der Waals surface area (Å²) in [5.41, 5.74) is 2.61. The first-order valence-corrected chi connectivity index (χ1v) is 9.92. The zero-order chi connectivity index (χ0) is 18.4. The third kappa shape index (κ3) is 2.66. The van der Waals surface area contributed by atoms with Gasteiger partial charge in [0.15, 0.2) is 5.69 Å². The van der Waals surface area contributed by atoms with Crippen molar-refractivity contribution in [2.75, 3.05) is 6.54 Å². The first kappa shape index (κ1) is 16.5. The Morgan fingerprint density at radius 3 is 2.74 bits per heavy atom. The smallest absolute Gasteiger partial charge is 0.359 e. The van der Waals surface area contributed by atoms with Crippen LogP contribution in [0.2, 0.25) is 0 Å². The monoisotopic (exact) mass is 365 g/mol. The molecule has 0 bridgehead atoms. The fourth-order valence-corrected chi connectivity index (χ4v) is 4.73. The third-order valence-corrected chi connectivity index (χ3v) is 6.05. The van der Waals surface area contributed by atoms with Crippen molar-refractivity contribution in [3.05, 3.63) is 47.5 Å². The molecule has 1 saturated heterocycles. The van der Waals surface area contributed by atoms with Crippen LogP contribution in [0.1, 0.15) is 77.5 Å². The Morgan fingerprint density at radius 2 is 1.89 bits per heavy atom. The topological polar surface area (TPSA) is 64.4 Å². The molecule has 0 radical (unpaired) electrons. The van der Waals surface area contributed by atoms with E-state index in [4.69, 9.17) is 4.74 Å². The molecule has 1 aliphatic carbocycles. The van der Waals surface area contributed by atoms with E-state index < -0.39 is 0 Å². The predicted molar refractivity (Wildman–Crippen MR) is 98.9 cm³/mol. The Morgan fingerprint density at radius 1 is 1.07 bits per heavy atom. The summed E-state index contributed by atoms with van der Waals surface area (Å²) in [7, 11) is 0. The van der Waals surface area contributed by atoms with Gasteiger partial charge in [-0.25, -0.2) is 9.78 Å². The maximum Gasteiger partial charge on any atom is 0.359 e. The second-order valence-corrected chi connectivity index (χ2v) is 7.69. The molecule has 2 fully saturated rings. The molecule has 6 nitrogen and oxygen atoms in total. The Hall–Kier alpha value is -2.63. The van der Waals surface area contributed by atoms with Gasteiger partial charge in [-0.15, -0.1) is 0 Å². The van der Waals surface area contributed by atoms with E-state index in [1.807, 2.05) is 33.7 Å². The molecule has 0 N–H and O–H groups in total. The van der Waals surface area contributed by atoms with E-state index in [9.17, 15) is 9.59 Å². The van der Waals surface area contributed by atoms with Crippen LogP contribution in [-0.4, -0.2) is 39.0 Å². The minimum Gasteiger partial charge on any atom is -0.458 e. The number of hydrogen-bond acceptors (Lipinski definition) is 4. The van der Waals surface area contributed by atoms with E-state index in [2.05, 4.69) is 4.98 Å². The van der Waals surface area contributed by atoms with Gasteiger partial charge in [-0.2, -0.15) is 0 Å². The predicted octanol–water partition coefficient (Wildman–Crippen LogP) is 3.65. The number of nitrogens with zero attached hydrogens (tertiary/aromatic N) is 3. The van der Waals surface area contributed by atoms with Crippen LogP contribution in [0.3, 0.4) is 0 Å². The van der Waals surface area contributed by atoms with Crippen LogP contribution in [0.25, 0.3) is 5.69 Å². The van der Waals surface area contributed by atoms with E-state index >= 15 is 0 Å². The summed E-state index contributed by atoms with van der Waals surface area (Å²) in [6.45, 7) is 0.708. The number of fused-ring (bicyclic) bond motifs is 5. The quantitative estimate of drug-likeness (QED) is 0.762. The Balaban J connectivity index is 1.57. The second kappa shape index (κ2) is 6.51. The lowest BCUT2D eigenvalue weighted by atomic mass is 9.98. The number of ether oxygens (including phenoxy) is 1. The van der Waals surface area contributed by atoms with Gasteiger partial charge in [0.2, 0.25) is 0 Å². The summed E-state index contributed by atoms with van der Waals surface area (Å²) in [4.78, 5) is 32.3. The van der Waals surface area contributed by atoms with Crippen molar-refractivity contribution in [1.29, 1.82) is 0 Å². The van der Waals surface area contributed by atoms with E-state index in [0.29, 0.717) is 17.8 Å². The molecule has 1 aromatic heterocycles. The molecule has 1 saturated carbocycles. The first-order valence-electron chi connectivity index (χ1n) is 9.92. The summed E-state index contributed by atoms with van der Waals surface area (Å²) >= 11 is 0. The zero-order valence-corrected chi connectivity index (χ0v) is 15.3. The highest BCUT2D eigenvalue weighted by atomic mass is 16.5. The standard InChI is InChI=1S/C21H23N3O3/c25-20-15-9-4-5-10-16(15)24-13-22-18(19(24)17-11-6-12-23(17)20)21(26)27-14-7-2-1-3-8-14/h4-5,9-10,13-14,17H,1-3,6-8,11-12H2/t17-/m0/s1. The van der Waals surface area contributed by atoms with Gasteiger partial charge in [-0.05, 0) is 50.7 Å². The zero-order valence-electron chi connectivity index (χ0n) is 15.3. The SMILES string of the molecule is O=C(OC1CCCCC1)c1ncn2c1[C@@H]1CCCN1C(=O)c1ccccc1-2. The van der Waals surface area contributed by atoms with Gasteiger partial charge in [0, 0.05) is 6.54 Å². The van der Waals surface area contributed by atoms with Crippen molar-refractivity contribution in [2.45, 2.75) is 57.1 Å². The number of hydrogen-bond donors (Lipinski definition) is 0. The lowest BCUT2D eigenvalue weighted by Gasteiger charge is -2.24. The van der Waals surface area contributed by atoms with Gasteiger partial charge in [0.05, 0.1) is 23.0 Å². The molecule has 140 valence electrons. The lowest BCUT2D eigenvalue weighted by molar-refractivity contribution is 0.0201. The van der Waals surface area contributed by atoms with Crippen molar-refractivity contribution in [3.63, 3.8) is 0 Å². The molecule has 6 heteroatoms. The second-order valence-electron chi connectivity index (χ2n) is 7.69. The number of rotatable bonds is 2. The van der Waals surface area contributed by atoms with Crippen LogP contribution in [0, 0.1) is 0 Å². The van der Waals surface area contributed by atoms with E-state index in [0.717, 1.165) is 49.9 Å². The molecule has 5 rings (SSSR count). The highest BCUT2D eigenvalue weighted by Crippen LogP contribution is 2.40. The maximum atomic E-state index is 13.1. The number of carbonyl (C=O) groups excluding carboxylic acids is 2. The molecule has 3 aliphatic rings. The molecule has 1 amide bonds. The molecular weight excluding hydrogens is 342 g/mol. The fraction of sp³-hybridized carbons (Fsp3) is 0.476. The number of esters is 1. The average molecular weight is 365 g/mol. The third-order valence-electron chi connectivity index (χ3n) is 6.05. The summed E-state index contributed by atoms with van der Waals surface area (Å²) in [6.07, 6.45) is 8.72. The van der Waals surface area contributed by atoms with Crippen LogP contribution in [0.4, 0.5) is 0 Å². The van der Waals surface area contributed by atoms with Gasteiger partial charge in [-0.1, -0.05) is 18.6 Å². The first-order chi connectivity index (χ1) is 13.2. The molecule has 1 atom stereocenters. The normalized spacial score (nSPS) is 22.0. The molecule has 2 aliphatic heterocycles. The summed E-state index contributed by atoms with van der Waals surface area (Å²) < 4.78 is 7.71. The average Bonchev–Trinajstić information content (AvgIpc) is 3.33. The van der Waals surface area contributed by atoms with Crippen molar-refractivity contribution in [2.24, 2.45) is 0 Å². The van der Waals surface area contributed by atoms with Crippen LogP contribution >= 0.6 is 0 Å². The Labute approximate surface area is 158 Å². The van der Waals surface area contributed by atoms with E-state index in [1.165, 1.54) is 6.42 Å². The molecule has 3 heterocycles. The van der Waals surface area contributed by atoms with Gasteiger partial charge in [-0.3, -0.25) is 9.36 Å². The van der Waals surface area contributed by atoms with Crippen molar-refractivity contribution in [3.8, 4) is 5.69 Å². The molecule has 2 aromatic rings. The van der Waals surface area contributed by atoms with Crippen molar-refractivity contribution < 1.29 is 14.3 Å². The number of aromatic nitrogens is 2. The molecule has 1 aromatic carbocycles. The number of para-hydroxylation sites is 1. The fourth-order valence-electron chi connectivity index (χ4n) is 4.73. The van der Waals surface area contributed by atoms with Crippen LogP contribution in [0.15, 0.2) is 30.6 Å². The number of benzene rings is 1. The van der Waals surface area contributed by atoms with Gasteiger partial charge in [0.25, 0.3) is 5.91 Å². The largest absolute Gasteiger partial charge is 0.458 e. The van der Waals surface area contributed by atoms with Gasteiger partial charge < -0.3 is 9.64 Å². The van der Waals surface area contributed by atoms with Crippen LogP contribution in [0.5, 0.6) is 0 Å².